The molecule has 0 aromatic heterocycles. The van der Waals surface area contributed by atoms with Gasteiger partial charge >= 0.3 is 17.8 Å². The van der Waals surface area contributed by atoms with Gasteiger partial charge in [-0.1, -0.05) is 6.92 Å². The molecule has 0 aliphatic carbocycles. The van der Waals surface area contributed by atoms with Gasteiger partial charge in [-0.05, 0) is 13.3 Å². The van der Waals surface area contributed by atoms with E-state index in [1.54, 1.807) is 0 Å². The lowest BCUT2D eigenvalue weighted by molar-refractivity contribution is -0.161. The normalized spacial score (nSPS) is 18.9. The molecule has 0 spiro atoms. The summed E-state index contributed by atoms with van der Waals surface area (Å²) < 4.78 is 0. The van der Waals surface area contributed by atoms with Crippen LogP contribution in [0.15, 0.2) is 0 Å². The van der Waals surface area contributed by atoms with Crippen molar-refractivity contribution in [2.45, 2.75) is 26.3 Å². The summed E-state index contributed by atoms with van der Waals surface area (Å²) in [4.78, 5) is 36.5. The zero-order valence-electron chi connectivity index (χ0n) is 9.47. The van der Waals surface area contributed by atoms with Gasteiger partial charge in [-0.25, -0.2) is 4.79 Å². The summed E-state index contributed by atoms with van der Waals surface area (Å²) in [5.74, 6) is -2.40. The third-order valence-corrected chi connectivity index (χ3v) is 2.66. The van der Waals surface area contributed by atoms with Crippen LogP contribution in [0.3, 0.4) is 0 Å². The first-order valence-corrected chi connectivity index (χ1v) is 5.31. The first kappa shape index (κ1) is 12.5. The second kappa shape index (κ2) is 4.96. The Bertz CT molecular complexity index is 316. The van der Waals surface area contributed by atoms with Gasteiger partial charge in [-0.15, -0.1) is 0 Å². The highest BCUT2D eigenvalue weighted by molar-refractivity contribution is 6.35. The minimum absolute atomic E-state index is 0.290. The largest absolute Gasteiger partial charge is 0.480 e. The number of piperazine rings is 1. The quantitative estimate of drug-likeness (QED) is 0.660. The molecule has 1 unspecified atom stereocenters. The second-order valence-corrected chi connectivity index (χ2v) is 3.80. The lowest BCUT2D eigenvalue weighted by Crippen LogP contribution is -2.58. The molecular weight excluding hydrogens is 212 g/mol. The topological polar surface area (TPSA) is 77.9 Å². The predicted molar refractivity (Wildman–Crippen MR) is 55.7 cm³/mol. The van der Waals surface area contributed by atoms with Crippen LogP contribution in [-0.2, 0) is 14.4 Å². The van der Waals surface area contributed by atoms with Gasteiger partial charge in [-0.2, -0.15) is 0 Å². The predicted octanol–water partition coefficient (Wildman–Crippen LogP) is -0.460. The SMILES string of the molecule is CCCN1CCN(C(C)C(=O)O)C(=O)C1=O. The van der Waals surface area contributed by atoms with Gasteiger partial charge in [0, 0.05) is 19.6 Å². The van der Waals surface area contributed by atoms with E-state index in [0.29, 0.717) is 13.1 Å². The molecule has 1 aliphatic rings. The Labute approximate surface area is 93.8 Å². The summed E-state index contributed by atoms with van der Waals surface area (Å²) in [5.41, 5.74) is 0. The molecule has 1 aliphatic heterocycles. The van der Waals surface area contributed by atoms with Gasteiger partial charge < -0.3 is 14.9 Å². The van der Waals surface area contributed by atoms with Crippen molar-refractivity contribution in [2.75, 3.05) is 19.6 Å². The van der Waals surface area contributed by atoms with Gasteiger partial charge in [0.1, 0.15) is 6.04 Å². The molecule has 1 rings (SSSR count). The van der Waals surface area contributed by atoms with E-state index in [9.17, 15) is 14.4 Å². The van der Waals surface area contributed by atoms with Crippen LogP contribution in [0.25, 0.3) is 0 Å². The fourth-order valence-electron chi connectivity index (χ4n) is 1.68. The Hall–Kier alpha value is -1.59. The van der Waals surface area contributed by atoms with Crippen molar-refractivity contribution in [2.24, 2.45) is 0 Å². The Morgan fingerprint density at radius 1 is 1.38 bits per heavy atom. The maximum atomic E-state index is 11.6. The zero-order valence-corrected chi connectivity index (χ0v) is 9.47. The minimum atomic E-state index is -1.09. The Balaban J connectivity index is 2.72. The van der Waals surface area contributed by atoms with Gasteiger partial charge in [0.15, 0.2) is 0 Å². The second-order valence-electron chi connectivity index (χ2n) is 3.80. The molecule has 2 amide bonds. The lowest BCUT2D eigenvalue weighted by Gasteiger charge is -2.35. The molecular formula is C10H16N2O4. The fraction of sp³-hybridized carbons (Fsp3) is 0.700. The van der Waals surface area contributed by atoms with Crippen molar-refractivity contribution in [1.29, 1.82) is 0 Å². The molecule has 1 N–H and O–H groups in total. The first-order chi connectivity index (χ1) is 7.49. The average Bonchev–Trinajstić information content (AvgIpc) is 2.24. The molecule has 1 heterocycles. The monoisotopic (exact) mass is 228 g/mol. The van der Waals surface area contributed by atoms with Gasteiger partial charge in [0.05, 0.1) is 0 Å². The van der Waals surface area contributed by atoms with E-state index in [0.717, 1.165) is 11.3 Å². The van der Waals surface area contributed by atoms with Crippen molar-refractivity contribution in [3.05, 3.63) is 0 Å². The summed E-state index contributed by atoms with van der Waals surface area (Å²) in [7, 11) is 0. The maximum Gasteiger partial charge on any atom is 0.326 e. The lowest BCUT2D eigenvalue weighted by atomic mass is 10.2. The number of carbonyl (C=O) groups excluding carboxylic acids is 2. The first-order valence-electron chi connectivity index (χ1n) is 5.31. The van der Waals surface area contributed by atoms with Crippen LogP contribution in [0.5, 0.6) is 0 Å². The fourth-order valence-corrected chi connectivity index (χ4v) is 1.68. The number of carboxylic acid groups (broad SMARTS) is 1. The maximum absolute atomic E-state index is 11.6. The number of aliphatic carboxylic acids is 1. The van der Waals surface area contributed by atoms with Crippen LogP contribution in [0.4, 0.5) is 0 Å². The van der Waals surface area contributed by atoms with Crippen LogP contribution in [0, 0.1) is 0 Å². The Morgan fingerprint density at radius 2 is 2.00 bits per heavy atom. The van der Waals surface area contributed by atoms with Crippen molar-refractivity contribution in [3.8, 4) is 0 Å². The van der Waals surface area contributed by atoms with Gasteiger partial charge in [0.25, 0.3) is 0 Å². The molecule has 6 nitrogen and oxygen atoms in total. The minimum Gasteiger partial charge on any atom is -0.480 e. The van der Waals surface area contributed by atoms with Crippen LogP contribution in [0.2, 0.25) is 0 Å². The third-order valence-electron chi connectivity index (χ3n) is 2.66. The molecule has 90 valence electrons. The molecule has 1 fully saturated rings. The van der Waals surface area contributed by atoms with E-state index in [4.69, 9.17) is 5.11 Å². The van der Waals surface area contributed by atoms with E-state index in [-0.39, 0.29) is 6.54 Å². The number of hydrogen-bond donors (Lipinski definition) is 1. The standard InChI is InChI=1S/C10H16N2O4/c1-3-4-11-5-6-12(7(2)10(15)16)9(14)8(11)13/h7H,3-6H2,1-2H3,(H,15,16). The summed E-state index contributed by atoms with van der Waals surface area (Å²) in [6.45, 7) is 4.57. The van der Waals surface area contributed by atoms with Crippen LogP contribution < -0.4 is 0 Å². The van der Waals surface area contributed by atoms with Crippen molar-refractivity contribution in [3.63, 3.8) is 0 Å². The third kappa shape index (κ3) is 2.32. The Kier molecular flexibility index (Phi) is 3.87. The van der Waals surface area contributed by atoms with E-state index < -0.39 is 23.8 Å². The summed E-state index contributed by atoms with van der Waals surface area (Å²) >= 11 is 0. The molecule has 1 saturated heterocycles. The van der Waals surface area contributed by atoms with E-state index in [1.165, 1.54) is 11.8 Å². The van der Waals surface area contributed by atoms with E-state index in [2.05, 4.69) is 0 Å². The number of hydrogen-bond acceptors (Lipinski definition) is 3. The van der Waals surface area contributed by atoms with Crippen LogP contribution >= 0.6 is 0 Å². The summed E-state index contributed by atoms with van der Waals surface area (Å²) in [5, 5.41) is 8.79. The highest BCUT2D eigenvalue weighted by Gasteiger charge is 2.36. The molecule has 1 atom stereocenters. The van der Waals surface area contributed by atoms with E-state index in [1.807, 2.05) is 6.92 Å². The number of carbonyl (C=O) groups is 3. The molecule has 0 aromatic carbocycles. The highest BCUT2D eigenvalue weighted by Crippen LogP contribution is 2.09. The van der Waals surface area contributed by atoms with Crippen LogP contribution in [0.1, 0.15) is 20.3 Å². The molecule has 0 radical (unpaired) electrons. The molecule has 6 heteroatoms. The molecule has 0 bridgehead atoms. The highest BCUT2D eigenvalue weighted by atomic mass is 16.4. The van der Waals surface area contributed by atoms with Gasteiger partial charge in [0.2, 0.25) is 0 Å². The van der Waals surface area contributed by atoms with Crippen molar-refractivity contribution >= 4 is 17.8 Å². The molecule has 0 saturated carbocycles. The number of carboxylic acids is 1. The van der Waals surface area contributed by atoms with Crippen LogP contribution in [-0.4, -0.2) is 58.4 Å². The smallest absolute Gasteiger partial charge is 0.326 e. The van der Waals surface area contributed by atoms with Gasteiger partial charge in [-0.3, -0.25) is 9.59 Å². The average molecular weight is 228 g/mol. The molecule has 0 aromatic rings. The van der Waals surface area contributed by atoms with Crippen molar-refractivity contribution in [1.82, 2.24) is 9.80 Å². The number of nitrogens with zero attached hydrogens (tertiary/aromatic N) is 2. The molecule has 16 heavy (non-hydrogen) atoms. The van der Waals surface area contributed by atoms with Crippen molar-refractivity contribution < 1.29 is 19.5 Å². The summed E-state index contributed by atoms with van der Waals surface area (Å²) in [6, 6.07) is -0.944. The Morgan fingerprint density at radius 3 is 2.50 bits per heavy atom. The zero-order chi connectivity index (χ0) is 12.3. The summed E-state index contributed by atoms with van der Waals surface area (Å²) in [6.07, 6.45) is 0.785. The number of rotatable bonds is 4. The number of amides is 2. The van der Waals surface area contributed by atoms with E-state index >= 15 is 0 Å².